The van der Waals surface area contributed by atoms with E-state index in [0.717, 1.165) is 12.3 Å². The van der Waals surface area contributed by atoms with E-state index in [9.17, 15) is 31.1 Å². The van der Waals surface area contributed by atoms with E-state index in [2.05, 4.69) is 14.5 Å². The fraction of sp³-hybridized carbons (Fsp3) is 0.250. The van der Waals surface area contributed by atoms with E-state index in [1.54, 1.807) is 0 Å². The number of nitrogens with zero attached hydrogens (tertiary/aromatic N) is 1. The van der Waals surface area contributed by atoms with E-state index in [4.69, 9.17) is 5.73 Å². The first-order valence-corrected chi connectivity index (χ1v) is 7.25. The number of nitrogens with two attached hydrogens (primary N) is 1. The molecule has 0 saturated heterocycles. The smallest absolute Gasteiger partial charge is 0.422 e. The molecule has 0 aliphatic carbocycles. The third kappa shape index (κ3) is 5.76. The topological polar surface area (TPSA) is 74.4 Å². The Bertz CT molecular complexity index is 821. The summed E-state index contributed by atoms with van der Waals surface area (Å²) in [6.45, 7) is -3.55. The lowest BCUT2D eigenvalue weighted by atomic mass is 10.0. The fourth-order valence-corrected chi connectivity index (χ4v) is 2.09. The number of hydrogen-bond donors (Lipinski definition) is 1. The molecule has 2 rings (SSSR count). The molecular formula is C16H12F6N2O3. The summed E-state index contributed by atoms with van der Waals surface area (Å²) in [4.78, 5) is 15.4. The molecule has 5 nitrogen and oxygen atoms in total. The van der Waals surface area contributed by atoms with Crippen molar-refractivity contribution in [2.75, 3.05) is 13.2 Å². The third-order valence-electron chi connectivity index (χ3n) is 3.09. The highest BCUT2D eigenvalue weighted by molar-refractivity contribution is 6.00. The molecule has 2 N–H and O–H groups in total. The summed E-state index contributed by atoms with van der Waals surface area (Å²) < 4.78 is 84.1. The number of primary amides is 1. The van der Waals surface area contributed by atoms with Crippen LogP contribution in [0.25, 0.3) is 11.3 Å². The van der Waals surface area contributed by atoms with Crippen LogP contribution in [0.15, 0.2) is 36.5 Å². The molecular weight excluding hydrogens is 382 g/mol. The number of halogens is 6. The van der Waals surface area contributed by atoms with Crippen molar-refractivity contribution < 1.29 is 40.6 Å². The molecule has 0 aliphatic heterocycles. The predicted octanol–water partition coefficient (Wildman–Crippen LogP) is 3.73. The molecule has 0 bridgehead atoms. The van der Waals surface area contributed by atoms with Crippen molar-refractivity contribution in [2.24, 2.45) is 5.73 Å². The van der Waals surface area contributed by atoms with Crippen LogP contribution < -0.4 is 15.2 Å². The molecule has 11 heteroatoms. The minimum Gasteiger partial charge on any atom is -0.480 e. The Morgan fingerprint density at radius 1 is 0.963 bits per heavy atom. The van der Waals surface area contributed by atoms with Gasteiger partial charge in [0, 0.05) is 23.4 Å². The molecule has 0 atom stereocenters. The van der Waals surface area contributed by atoms with Crippen LogP contribution in [0.5, 0.6) is 11.5 Å². The molecule has 1 amide bonds. The SMILES string of the molecule is NC(=O)c1ccccc1-c1nccc(OCC(F)(F)F)c1OCC(F)(F)F. The molecule has 1 aromatic carbocycles. The molecule has 1 heterocycles. The normalized spacial score (nSPS) is 11.9. The summed E-state index contributed by atoms with van der Waals surface area (Å²) in [6, 6.07) is 6.42. The Morgan fingerprint density at radius 3 is 2.15 bits per heavy atom. The number of hydrogen-bond acceptors (Lipinski definition) is 4. The lowest BCUT2D eigenvalue weighted by molar-refractivity contribution is -0.158. The Balaban J connectivity index is 2.54. The summed E-state index contributed by atoms with van der Waals surface area (Å²) in [5, 5.41) is 0. The number of ether oxygens (including phenoxy) is 2. The van der Waals surface area contributed by atoms with Crippen LogP contribution in [0.4, 0.5) is 26.3 Å². The first kappa shape index (κ1) is 20.3. The number of pyridine rings is 1. The van der Waals surface area contributed by atoms with Crippen LogP contribution in [0, 0.1) is 0 Å². The lowest BCUT2D eigenvalue weighted by Crippen LogP contribution is -2.22. The second-order valence-electron chi connectivity index (χ2n) is 5.20. The van der Waals surface area contributed by atoms with E-state index in [1.165, 1.54) is 24.3 Å². The number of carbonyl (C=O) groups is 1. The van der Waals surface area contributed by atoms with Crippen molar-refractivity contribution in [1.29, 1.82) is 0 Å². The van der Waals surface area contributed by atoms with Gasteiger partial charge in [0.15, 0.2) is 24.7 Å². The van der Waals surface area contributed by atoms with Crippen LogP contribution in [-0.2, 0) is 0 Å². The number of carbonyl (C=O) groups excluding carboxylic acids is 1. The zero-order valence-corrected chi connectivity index (χ0v) is 13.4. The Hall–Kier alpha value is -2.98. The Labute approximate surface area is 148 Å². The van der Waals surface area contributed by atoms with Gasteiger partial charge < -0.3 is 15.2 Å². The zero-order chi connectivity index (χ0) is 20.2. The van der Waals surface area contributed by atoms with Crippen LogP contribution in [-0.4, -0.2) is 36.5 Å². The van der Waals surface area contributed by atoms with E-state index in [0.29, 0.717) is 0 Å². The molecule has 0 fully saturated rings. The maximum Gasteiger partial charge on any atom is 0.422 e. The first-order valence-electron chi connectivity index (χ1n) is 7.25. The summed E-state index contributed by atoms with van der Waals surface area (Å²) in [5.41, 5.74) is 4.80. The highest BCUT2D eigenvalue weighted by Gasteiger charge is 2.32. The number of amides is 1. The molecule has 0 saturated carbocycles. The van der Waals surface area contributed by atoms with Gasteiger partial charge in [-0.05, 0) is 6.07 Å². The van der Waals surface area contributed by atoms with Crippen LogP contribution in [0.1, 0.15) is 10.4 Å². The Morgan fingerprint density at radius 2 is 1.56 bits per heavy atom. The van der Waals surface area contributed by atoms with Gasteiger partial charge >= 0.3 is 12.4 Å². The van der Waals surface area contributed by atoms with Gasteiger partial charge in [-0.3, -0.25) is 9.78 Å². The van der Waals surface area contributed by atoms with E-state index >= 15 is 0 Å². The average molecular weight is 394 g/mol. The number of rotatable bonds is 6. The van der Waals surface area contributed by atoms with Crippen molar-refractivity contribution in [3.05, 3.63) is 42.1 Å². The molecule has 1 aromatic heterocycles. The minimum absolute atomic E-state index is 0.0142. The molecule has 0 aliphatic rings. The van der Waals surface area contributed by atoms with Crippen LogP contribution in [0.2, 0.25) is 0 Å². The summed E-state index contributed by atoms with van der Waals surface area (Å²) in [5.74, 6) is -2.20. The molecule has 146 valence electrons. The van der Waals surface area contributed by atoms with Gasteiger partial charge in [0.05, 0.1) is 0 Å². The van der Waals surface area contributed by atoms with Gasteiger partial charge in [-0.15, -0.1) is 0 Å². The van der Waals surface area contributed by atoms with Crippen molar-refractivity contribution in [3.63, 3.8) is 0 Å². The number of benzene rings is 1. The maximum absolute atomic E-state index is 12.5. The maximum atomic E-state index is 12.5. The van der Waals surface area contributed by atoms with Gasteiger partial charge in [0.2, 0.25) is 5.91 Å². The molecule has 0 radical (unpaired) electrons. The molecule has 0 spiro atoms. The molecule has 2 aromatic rings. The zero-order valence-electron chi connectivity index (χ0n) is 13.4. The van der Waals surface area contributed by atoms with Crippen molar-refractivity contribution in [2.45, 2.75) is 12.4 Å². The highest BCUT2D eigenvalue weighted by atomic mass is 19.4. The van der Waals surface area contributed by atoms with Crippen molar-refractivity contribution in [3.8, 4) is 22.8 Å². The van der Waals surface area contributed by atoms with Crippen LogP contribution in [0.3, 0.4) is 0 Å². The van der Waals surface area contributed by atoms with E-state index in [-0.39, 0.29) is 16.8 Å². The standard InChI is InChI=1S/C16H12F6N2O3/c17-15(18,19)7-26-11-5-6-24-12(13(11)27-8-16(20,21)22)9-3-1-2-4-10(9)14(23)25/h1-6H,7-8H2,(H2,23,25). The van der Waals surface area contributed by atoms with Crippen molar-refractivity contribution >= 4 is 5.91 Å². The van der Waals surface area contributed by atoms with Gasteiger partial charge in [0.1, 0.15) is 5.69 Å². The number of alkyl halides is 6. The monoisotopic (exact) mass is 394 g/mol. The summed E-state index contributed by atoms with van der Waals surface area (Å²) in [7, 11) is 0. The quantitative estimate of drug-likeness (QED) is 0.758. The first-order chi connectivity index (χ1) is 12.5. The van der Waals surface area contributed by atoms with Gasteiger partial charge in [-0.2, -0.15) is 26.3 Å². The fourth-order valence-electron chi connectivity index (χ4n) is 2.09. The average Bonchev–Trinajstić information content (AvgIpc) is 2.56. The molecule has 0 unspecified atom stereocenters. The highest BCUT2D eigenvalue weighted by Crippen LogP contribution is 2.39. The molecule has 27 heavy (non-hydrogen) atoms. The van der Waals surface area contributed by atoms with Crippen molar-refractivity contribution in [1.82, 2.24) is 4.98 Å². The van der Waals surface area contributed by atoms with Gasteiger partial charge in [-0.1, -0.05) is 18.2 Å². The second kappa shape index (κ2) is 7.72. The minimum atomic E-state index is -4.77. The summed E-state index contributed by atoms with van der Waals surface area (Å²) in [6.07, 6.45) is -8.48. The summed E-state index contributed by atoms with van der Waals surface area (Å²) >= 11 is 0. The third-order valence-corrected chi connectivity index (χ3v) is 3.09. The van der Waals surface area contributed by atoms with Gasteiger partial charge in [-0.25, -0.2) is 0 Å². The van der Waals surface area contributed by atoms with E-state index < -0.39 is 43.0 Å². The van der Waals surface area contributed by atoms with Crippen LogP contribution >= 0.6 is 0 Å². The largest absolute Gasteiger partial charge is 0.480 e. The predicted molar refractivity (Wildman–Crippen MR) is 81.3 cm³/mol. The number of aromatic nitrogens is 1. The lowest BCUT2D eigenvalue weighted by Gasteiger charge is -2.18. The second-order valence-corrected chi connectivity index (χ2v) is 5.20. The van der Waals surface area contributed by atoms with Gasteiger partial charge in [0.25, 0.3) is 0 Å². The Kier molecular flexibility index (Phi) is 5.82. The van der Waals surface area contributed by atoms with E-state index in [1.807, 2.05) is 0 Å².